The molecule has 1 aromatic rings. The third kappa shape index (κ3) is 4.33. The van der Waals surface area contributed by atoms with Gasteiger partial charge in [-0.1, -0.05) is 42.5 Å². The Bertz CT molecular complexity index is 601. The number of hydrogen-bond donors (Lipinski definition) is 2. The fourth-order valence-electron chi connectivity index (χ4n) is 2.39. The van der Waals surface area contributed by atoms with Crippen LogP contribution >= 0.6 is 23.2 Å². The normalized spacial score (nSPS) is 16.0. The molecule has 2 N–H and O–H groups in total. The first-order valence-electron chi connectivity index (χ1n) is 7.06. The van der Waals surface area contributed by atoms with Crippen molar-refractivity contribution in [2.75, 3.05) is 13.6 Å². The standard InChI is InChI=1S/C14H20Cl2N2O2S/c1-17-9-11-7-12(15)8-13(14(11)16)21(19,20)18-6-5-10-3-2-4-10/h7-8,10,17-18H,2-6,9H2,1H3. The lowest BCUT2D eigenvalue weighted by molar-refractivity contribution is 0.297. The highest BCUT2D eigenvalue weighted by molar-refractivity contribution is 7.89. The van der Waals surface area contributed by atoms with E-state index in [4.69, 9.17) is 23.2 Å². The minimum Gasteiger partial charge on any atom is -0.316 e. The van der Waals surface area contributed by atoms with Crippen LogP contribution in [0.1, 0.15) is 31.2 Å². The van der Waals surface area contributed by atoms with Gasteiger partial charge in [0.05, 0.1) is 5.02 Å². The van der Waals surface area contributed by atoms with Crippen LogP contribution in [0.2, 0.25) is 10.0 Å². The van der Waals surface area contributed by atoms with Crippen molar-refractivity contribution in [1.82, 2.24) is 10.0 Å². The second-order valence-corrected chi connectivity index (χ2v) is 7.94. The Hall–Kier alpha value is -0.330. The van der Waals surface area contributed by atoms with Gasteiger partial charge in [-0.05, 0) is 37.1 Å². The van der Waals surface area contributed by atoms with E-state index in [1.807, 2.05) is 0 Å². The van der Waals surface area contributed by atoms with E-state index in [-0.39, 0.29) is 9.92 Å². The van der Waals surface area contributed by atoms with E-state index < -0.39 is 10.0 Å². The van der Waals surface area contributed by atoms with Gasteiger partial charge < -0.3 is 5.32 Å². The highest BCUT2D eigenvalue weighted by Gasteiger charge is 2.22. The summed E-state index contributed by atoms with van der Waals surface area (Å²) in [5.41, 5.74) is 0.672. The second kappa shape index (κ2) is 7.29. The molecule has 1 fully saturated rings. The summed E-state index contributed by atoms with van der Waals surface area (Å²) in [6.07, 6.45) is 4.53. The Morgan fingerprint density at radius 3 is 2.57 bits per heavy atom. The molecule has 0 atom stereocenters. The average molecular weight is 351 g/mol. The first kappa shape index (κ1) is 17.0. The lowest BCUT2D eigenvalue weighted by Gasteiger charge is -2.25. The Morgan fingerprint density at radius 1 is 1.29 bits per heavy atom. The molecule has 1 aliphatic rings. The molecule has 0 aromatic heterocycles. The van der Waals surface area contributed by atoms with Crippen LogP contribution in [0.5, 0.6) is 0 Å². The zero-order valence-corrected chi connectivity index (χ0v) is 14.3. The molecule has 4 nitrogen and oxygen atoms in total. The maximum absolute atomic E-state index is 12.4. The van der Waals surface area contributed by atoms with Crippen LogP contribution in [-0.2, 0) is 16.6 Å². The zero-order valence-electron chi connectivity index (χ0n) is 12.0. The van der Waals surface area contributed by atoms with Crippen LogP contribution in [0.25, 0.3) is 0 Å². The number of nitrogens with one attached hydrogen (secondary N) is 2. The Kier molecular flexibility index (Phi) is 5.91. The van der Waals surface area contributed by atoms with Gasteiger partial charge in [0.1, 0.15) is 4.90 Å². The van der Waals surface area contributed by atoms with E-state index in [9.17, 15) is 8.42 Å². The van der Waals surface area contributed by atoms with Crippen molar-refractivity contribution >= 4 is 33.2 Å². The van der Waals surface area contributed by atoms with Crippen LogP contribution in [0, 0.1) is 5.92 Å². The van der Waals surface area contributed by atoms with Crippen LogP contribution in [0.15, 0.2) is 17.0 Å². The number of hydrogen-bond acceptors (Lipinski definition) is 3. The van der Waals surface area contributed by atoms with Gasteiger partial charge in [-0.25, -0.2) is 13.1 Å². The van der Waals surface area contributed by atoms with E-state index in [0.717, 1.165) is 6.42 Å². The zero-order chi connectivity index (χ0) is 15.5. The van der Waals surface area contributed by atoms with Crippen LogP contribution in [0.3, 0.4) is 0 Å². The molecule has 0 radical (unpaired) electrons. The molecule has 0 bridgehead atoms. The summed E-state index contributed by atoms with van der Waals surface area (Å²) in [5.74, 6) is 0.655. The van der Waals surface area contributed by atoms with Gasteiger partial charge in [-0.2, -0.15) is 0 Å². The van der Waals surface area contributed by atoms with Gasteiger partial charge >= 0.3 is 0 Å². The van der Waals surface area contributed by atoms with Crippen molar-refractivity contribution in [2.45, 2.75) is 37.1 Å². The fraction of sp³-hybridized carbons (Fsp3) is 0.571. The molecule has 0 unspecified atom stereocenters. The van der Waals surface area contributed by atoms with Crippen molar-refractivity contribution in [2.24, 2.45) is 5.92 Å². The van der Waals surface area contributed by atoms with Crippen LogP contribution in [-0.4, -0.2) is 22.0 Å². The largest absolute Gasteiger partial charge is 0.316 e. The molecule has 118 valence electrons. The van der Waals surface area contributed by atoms with Gasteiger partial charge in [-0.15, -0.1) is 0 Å². The molecule has 0 aliphatic heterocycles. The van der Waals surface area contributed by atoms with Crippen molar-refractivity contribution in [3.05, 3.63) is 27.7 Å². The Balaban J connectivity index is 2.13. The first-order chi connectivity index (χ1) is 9.94. The molecule has 0 amide bonds. The summed E-state index contributed by atoms with van der Waals surface area (Å²) >= 11 is 12.2. The van der Waals surface area contributed by atoms with Gasteiger partial charge in [0.25, 0.3) is 0 Å². The van der Waals surface area contributed by atoms with E-state index in [0.29, 0.717) is 29.6 Å². The minimum absolute atomic E-state index is 0.0514. The third-order valence-corrected chi connectivity index (χ3v) is 6.07. The molecule has 0 saturated heterocycles. The number of benzene rings is 1. The van der Waals surface area contributed by atoms with Crippen molar-refractivity contribution in [3.63, 3.8) is 0 Å². The van der Waals surface area contributed by atoms with E-state index in [1.165, 1.54) is 25.3 Å². The summed E-state index contributed by atoms with van der Waals surface area (Å²) in [6.45, 7) is 0.904. The number of halogens is 2. The SMILES string of the molecule is CNCc1cc(Cl)cc(S(=O)(=O)NCCC2CCC2)c1Cl. The molecule has 2 rings (SSSR count). The number of sulfonamides is 1. The molecule has 21 heavy (non-hydrogen) atoms. The maximum atomic E-state index is 12.4. The van der Waals surface area contributed by atoms with E-state index >= 15 is 0 Å². The third-order valence-electron chi connectivity index (χ3n) is 3.81. The molecule has 1 aromatic carbocycles. The predicted molar refractivity (Wildman–Crippen MR) is 86.4 cm³/mol. The summed E-state index contributed by atoms with van der Waals surface area (Å²) in [6, 6.07) is 3.07. The Morgan fingerprint density at radius 2 is 2.00 bits per heavy atom. The minimum atomic E-state index is -3.63. The van der Waals surface area contributed by atoms with Crippen molar-refractivity contribution in [1.29, 1.82) is 0 Å². The van der Waals surface area contributed by atoms with Crippen LogP contribution in [0.4, 0.5) is 0 Å². The smallest absolute Gasteiger partial charge is 0.242 e. The molecule has 7 heteroatoms. The van der Waals surface area contributed by atoms with E-state index in [1.54, 1.807) is 13.1 Å². The molecular formula is C14H20Cl2N2O2S. The van der Waals surface area contributed by atoms with Crippen molar-refractivity contribution < 1.29 is 8.42 Å². The summed E-state index contributed by atoms with van der Waals surface area (Å²) in [7, 11) is -1.86. The van der Waals surface area contributed by atoms with Gasteiger partial charge in [-0.3, -0.25) is 0 Å². The topological polar surface area (TPSA) is 58.2 Å². The quantitative estimate of drug-likeness (QED) is 0.793. The van der Waals surface area contributed by atoms with Gasteiger partial charge in [0.2, 0.25) is 10.0 Å². The van der Waals surface area contributed by atoms with Crippen molar-refractivity contribution in [3.8, 4) is 0 Å². The maximum Gasteiger partial charge on any atom is 0.242 e. The highest BCUT2D eigenvalue weighted by atomic mass is 35.5. The molecular weight excluding hydrogens is 331 g/mol. The molecule has 1 saturated carbocycles. The highest BCUT2D eigenvalue weighted by Crippen LogP contribution is 2.31. The van der Waals surface area contributed by atoms with E-state index in [2.05, 4.69) is 10.0 Å². The summed E-state index contributed by atoms with van der Waals surface area (Å²) in [4.78, 5) is 0.0514. The Labute approximate surface area is 136 Å². The summed E-state index contributed by atoms with van der Waals surface area (Å²) in [5, 5.41) is 3.54. The van der Waals surface area contributed by atoms with Gasteiger partial charge in [0.15, 0.2) is 0 Å². The fourth-order valence-corrected chi connectivity index (χ4v) is 4.37. The monoisotopic (exact) mass is 350 g/mol. The lowest BCUT2D eigenvalue weighted by Crippen LogP contribution is -2.28. The molecule has 0 heterocycles. The summed E-state index contributed by atoms with van der Waals surface area (Å²) < 4.78 is 27.4. The number of rotatable bonds is 7. The lowest BCUT2D eigenvalue weighted by atomic mass is 9.83. The second-order valence-electron chi connectivity index (χ2n) is 5.39. The van der Waals surface area contributed by atoms with Crippen LogP contribution < -0.4 is 10.0 Å². The average Bonchev–Trinajstić information content (AvgIpc) is 2.36. The van der Waals surface area contributed by atoms with Gasteiger partial charge in [0, 0.05) is 18.1 Å². The molecule has 1 aliphatic carbocycles. The molecule has 0 spiro atoms. The first-order valence-corrected chi connectivity index (χ1v) is 9.30. The predicted octanol–water partition coefficient (Wildman–Crippen LogP) is 3.18.